The molecule has 0 atom stereocenters. The number of nitrogens with zero attached hydrogens (tertiary/aromatic N) is 3. The fourth-order valence-electron chi connectivity index (χ4n) is 4.59. The summed E-state index contributed by atoms with van der Waals surface area (Å²) in [6, 6.07) is 23.1. The van der Waals surface area contributed by atoms with Crippen LogP contribution in [0, 0.1) is 13.8 Å². The summed E-state index contributed by atoms with van der Waals surface area (Å²) >= 11 is 5.78. The number of rotatable bonds is 4. The quantitative estimate of drug-likeness (QED) is 0.204. The zero-order chi connectivity index (χ0) is 24.7. The lowest BCUT2D eigenvalue weighted by Crippen LogP contribution is -2.57. The van der Waals surface area contributed by atoms with Gasteiger partial charge in [0, 0.05) is 29.2 Å². The van der Waals surface area contributed by atoms with E-state index < -0.39 is 11.8 Å². The summed E-state index contributed by atoms with van der Waals surface area (Å²) in [6.07, 6.45) is 3.69. The van der Waals surface area contributed by atoms with Crippen LogP contribution in [0.1, 0.15) is 23.6 Å². The molecule has 4 aromatic rings. The van der Waals surface area contributed by atoms with E-state index in [1.54, 1.807) is 6.08 Å². The number of hydrogen-bond donors (Lipinski definition) is 0. The first-order valence-corrected chi connectivity index (χ1v) is 12.0. The predicted octanol–water partition coefficient (Wildman–Crippen LogP) is 6.03. The molecule has 1 aromatic heterocycles. The van der Waals surface area contributed by atoms with Crippen molar-refractivity contribution in [1.82, 2.24) is 4.57 Å². The van der Waals surface area contributed by atoms with Crippen molar-refractivity contribution >= 4 is 57.5 Å². The van der Waals surface area contributed by atoms with E-state index in [0.717, 1.165) is 34.1 Å². The topological polar surface area (TPSA) is 45.6 Å². The molecule has 0 aliphatic carbocycles. The van der Waals surface area contributed by atoms with Crippen LogP contribution >= 0.6 is 12.2 Å². The SMILES string of the molecule is CCn1cc(C=C2C(=O)N(c3ccccc3C)C(=S)N(c3ccccc3C)C2=O)c2ccccc21. The zero-order valence-corrected chi connectivity index (χ0v) is 20.7. The monoisotopic (exact) mass is 479 g/mol. The van der Waals surface area contributed by atoms with Gasteiger partial charge in [0.15, 0.2) is 5.11 Å². The van der Waals surface area contributed by atoms with Gasteiger partial charge in [-0.2, -0.15) is 0 Å². The molecule has 0 bridgehead atoms. The highest BCUT2D eigenvalue weighted by Gasteiger charge is 2.42. The van der Waals surface area contributed by atoms with E-state index in [1.807, 2.05) is 92.8 Å². The minimum Gasteiger partial charge on any atom is -0.347 e. The summed E-state index contributed by atoms with van der Waals surface area (Å²) in [6.45, 7) is 6.70. The average Bonchev–Trinajstić information content (AvgIpc) is 3.22. The van der Waals surface area contributed by atoms with E-state index in [0.29, 0.717) is 11.4 Å². The summed E-state index contributed by atoms with van der Waals surface area (Å²) in [4.78, 5) is 30.7. The lowest BCUT2D eigenvalue weighted by Gasteiger charge is -2.37. The van der Waals surface area contributed by atoms with Crippen molar-refractivity contribution < 1.29 is 9.59 Å². The van der Waals surface area contributed by atoms with Crippen LogP contribution in [0.2, 0.25) is 0 Å². The number of anilines is 2. The molecule has 1 fully saturated rings. The number of hydrogen-bond acceptors (Lipinski definition) is 3. The first-order valence-electron chi connectivity index (χ1n) is 11.6. The Balaban J connectivity index is 1.74. The van der Waals surface area contributed by atoms with Gasteiger partial charge in [-0.3, -0.25) is 19.4 Å². The highest BCUT2D eigenvalue weighted by atomic mass is 32.1. The third-order valence-electron chi connectivity index (χ3n) is 6.42. The fourth-order valence-corrected chi connectivity index (χ4v) is 4.95. The third-order valence-corrected chi connectivity index (χ3v) is 6.79. The lowest BCUT2D eigenvalue weighted by molar-refractivity contribution is -0.120. The van der Waals surface area contributed by atoms with Crippen molar-refractivity contribution in [3.8, 4) is 0 Å². The Morgan fingerprint density at radius 3 is 1.83 bits per heavy atom. The molecule has 5 nitrogen and oxygen atoms in total. The molecule has 2 heterocycles. The number of amides is 2. The molecule has 35 heavy (non-hydrogen) atoms. The normalized spacial score (nSPS) is 14.3. The van der Waals surface area contributed by atoms with Gasteiger partial charge in [-0.1, -0.05) is 54.6 Å². The first kappa shape index (κ1) is 22.7. The van der Waals surface area contributed by atoms with E-state index in [1.165, 1.54) is 9.80 Å². The van der Waals surface area contributed by atoms with Gasteiger partial charge in [0.05, 0.1) is 11.4 Å². The second-order valence-corrected chi connectivity index (χ2v) is 8.95. The standard InChI is InChI=1S/C29H25N3O2S/c1-4-30-18-21(22-13-7-10-16-26(22)30)17-23-27(33)31(24-14-8-5-11-19(24)2)29(35)32(28(23)34)25-15-9-6-12-20(25)3/h5-18H,4H2,1-3H3. The number of benzene rings is 3. The summed E-state index contributed by atoms with van der Waals surface area (Å²) in [5.74, 6) is -0.847. The lowest BCUT2D eigenvalue weighted by atomic mass is 10.0. The van der Waals surface area contributed by atoms with Gasteiger partial charge in [-0.15, -0.1) is 0 Å². The van der Waals surface area contributed by atoms with Gasteiger partial charge < -0.3 is 4.57 Å². The van der Waals surface area contributed by atoms with Crippen molar-refractivity contribution in [3.63, 3.8) is 0 Å². The van der Waals surface area contributed by atoms with E-state index in [2.05, 4.69) is 11.5 Å². The molecule has 1 saturated heterocycles. The Kier molecular flexibility index (Phi) is 5.83. The zero-order valence-electron chi connectivity index (χ0n) is 19.9. The van der Waals surface area contributed by atoms with Crippen LogP contribution in [0.25, 0.3) is 17.0 Å². The van der Waals surface area contributed by atoms with Gasteiger partial charge in [-0.05, 0) is 68.4 Å². The molecule has 0 spiro atoms. The van der Waals surface area contributed by atoms with Crippen molar-refractivity contribution in [2.45, 2.75) is 27.3 Å². The Morgan fingerprint density at radius 1 is 0.771 bits per heavy atom. The number of carbonyl (C=O) groups is 2. The third kappa shape index (κ3) is 3.76. The molecule has 1 aliphatic rings. The van der Waals surface area contributed by atoms with Crippen LogP contribution in [-0.4, -0.2) is 21.5 Å². The van der Waals surface area contributed by atoms with Crippen molar-refractivity contribution in [2.24, 2.45) is 0 Å². The summed E-state index contributed by atoms with van der Waals surface area (Å²) in [5.41, 5.74) is 5.06. The number of aromatic nitrogens is 1. The van der Waals surface area contributed by atoms with E-state index in [4.69, 9.17) is 12.2 Å². The minimum absolute atomic E-state index is 0.0733. The van der Waals surface area contributed by atoms with E-state index >= 15 is 0 Å². The van der Waals surface area contributed by atoms with Gasteiger partial charge in [0.1, 0.15) is 5.57 Å². The van der Waals surface area contributed by atoms with Crippen LogP contribution in [0.4, 0.5) is 11.4 Å². The van der Waals surface area contributed by atoms with Crippen LogP contribution in [0.15, 0.2) is 84.6 Å². The van der Waals surface area contributed by atoms with E-state index in [9.17, 15) is 9.59 Å². The number of para-hydroxylation sites is 3. The van der Waals surface area contributed by atoms with Crippen LogP contribution in [-0.2, 0) is 16.1 Å². The van der Waals surface area contributed by atoms with E-state index in [-0.39, 0.29) is 10.7 Å². The van der Waals surface area contributed by atoms with Gasteiger partial charge in [-0.25, -0.2) is 0 Å². The van der Waals surface area contributed by atoms with Gasteiger partial charge >= 0.3 is 0 Å². The number of thiocarbonyl (C=S) groups is 1. The average molecular weight is 480 g/mol. The second kappa shape index (κ2) is 8.96. The van der Waals surface area contributed by atoms with Crippen molar-refractivity contribution in [2.75, 3.05) is 9.80 Å². The Hall–Kier alpha value is -4.03. The minimum atomic E-state index is -0.424. The molecule has 0 saturated carbocycles. The maximum Gasteiger partial charge on any atom is 0.270 e. The molecule has 174 valence electrons. The fraction of sp³-hybridized carbons (Fsp3) is 0.138. The van der Waals surface area contributed by atoms with Gasteiger partial charge in [0.2, 0.25) is 0 Å². The van der Waals surface area contributed by atoms with Crippen LogP contribution in [0.3, 0.4) is 0 Å². The first-order chi connectivity index (χ1) is 16.9. The molecule has 3 aromatic carbocycles. The predicted molar refractivity (Wildman–Crippen MR) is 146 cm³/mol. The number of fused-ring (bicyclic) bond motifs is 1. The van der Waals surface area contributed by atoms with Gasteiger partial charge in [0.25, 0.3) is 11.8 Å². The molecule has 0 unspecified atom stereocenters. The molecule has 0 N–H and O–H groups in total. The number of aryl methyl sites for hydroxylation is 3. The second-order valence-electron chi connectivity index (χ2n) is 8.58. The Labute approximate surface area is 209 Å². The maximum atomic E-state index is 13.9. The maximum absolute atomic E-state index is 13.9. The van der Waals surface area contributed by atoms with Crippen LogP contribution in [0.5, 0.6) is 0 Å². The smallest absolute Gasteiger partial charge is 0.270 e. The summed E-state index contributed by atoms with van der Waals surface area (Å²) in [7, 11) is 0. The molecule has 5 rings (SSSR count). The highest BCUT2D eigenvalue weighted by molar-refractivity contribution is 7.81. The molecular weight excluding hydrogens is 454 g/mol. The highest BCUT2D eigenvalue weighted by Crippen LogP contribution is 2.33. The molecule has 0 radical (unpaired) electrons. The number of carbonyl (C=O) groups excluding carboxylic acids is 2. The van der Waals surface area contributed by atoms with Crippen molar-refractivity contribution in [3.05, 3.63) is 101 Å². The summed E-state index contributed by atoms with van der Waals surface area (Å²) in [5, 5.41) is 1.14. The summed E-state index contributed by atoms with van der Waals surface area (Å²) < 4.78 is 2.11. The Morgan fingerprint density at radius 2 is 1.29 bits per heavy atom. The molecule has 6 heteroatoms. The molecule has 2 amide bonds. The molecular formula is C29H25N3O2S. The Bertz CT molecular complexity index is 1460. The van der Waals surface area contributed by atoms with Crippen LogP contribution < -0.4 is 9.80 Å². The largest absolute Gasteiger partial charge is 0.347 e. The molecule has 1 aliphatic heterocycles. The van der Waals surface area contributed by atoms with Crippen molar-refractivity contribution in [1.29, 1.82) is 0 Å².